The molecule has 1 aliphatic carbocycles. The van der Waals surface area contributed by atoms with Crippen molar-refractivity contribution in [3.05, 3.63) is 24.0 Å². The van der Waals surface area contributed by atoms with Gasteiger partial charge in [-0.3, -0.25) is 0 Å². The summed E-state index contributed by atoms with van der Waals surface area (Å²) in [5.74, 6) is 1.55. The zero-order valence-electron chi connectivity index (χ0n) is 12.3. The van der Waals surface area contributed by atoms with Crippen LogP contribution in [-0.4, -0.2) is 20.2 Å². The number of halogens is 1. The van der Waals surface area contributed by atoms with Crippen LogP contribution in [0.15, 0.2) is 18.2 Å². The first-order valence-corrected chi connectivity index (χ1v) is 7.39. The highest BCUT2D eigenvalue weighted by atomic mass is 19.1. The number of nitrogens with two attached hydrogens (primary N) is 1. The first-order valence-electron chi connectivity index (χ1n) is 7.39. The van der Waals surface area contributed by atoms with Crippen LogP contribution in [0.3, 0.4) is 0 Å². The third-order valence-corrected chi connectivity index (χ3v) is 4.67. The second kappa shape index (κ2) is 5.42. The fraction of sp³-hybridized carbons (Fsp3) is 0.533. The van der Waals surface area contributed by atoms with E-state index in [1.54, 1.807) is 12.1 Å². The maximum absolute atomic E-state index is 13.7. The van der Waals surface area contributed by atoms with Gasteiger partial charge in [0.15, 0.2) is 5.82 Å². The van der Waals surface area contributed by atoms with Crippen LogP contribution in [0.4, 0.5) is 10.1 Å². The molecule has 2 aromatic rings. The number of nitrogens with zero attached hydrogens (tertiary/aromatic N) is 4. The Morgan fingerprint density at radius 3 is 2.76 bits per heavy atom. The molecule has 0 radical (unpaired) electrons. The van der Waals surface area contributed by atoms with Gasteiger partial charge in [-0.05, 0) is 59.7 Å². The maximum atomic E-state index is 13.7. The fourth-order valence-corrected chi connectivity index (χ4v) is 3.04. The van der Waals surface area contributed by atoms with Crippen LogP contribution in [0.1, 0.15) is 39.2 Å². The van der Waals surface area contributed by atoms with E-state index < -0.39 is 5.82 Å². The van der Waals surface area contributed by atoms with Gasteiger partial charge in [0.25, 0.3) is 0 Å². The van der Waals surface area contributed by atoms with Gasteiger partial charge in [-0.15, -0.1) is 5.10 Å². The maximum Gasteiger partial charge on any atom is 0.182 e. The molecule has 21 heavy (non-hydrogen) atoms. The predicted molar refractivity (Wildman–Crippen MR) is 78.8 cm³/mol. The summed E-state index contributed by atoms with van der Waals surface area (Å²) in [7, 11) is 0. The van der Waals surface area contributed by atoms with E-state index >= 15 is 0 Å². The summed E-state index contributed by atoms with van der Waals surface area (Å²) in [6.45, 7) is 4.56. The highest BCUT2D eigenvalue weighted by molar-refractivity contribution is 5.59. The van der Waals surface area contributed by atoms with E-state index in [1.165, 1.54) is 12.5 Å². The molecule has 1 heterocycles. The Labute approximate surface area is 123 Å². The van der Waals surface area contributed by atoms with Crippen LogP contribution < -0.4 is 5.73 Å². The third kappa shape index (κ3) is 2.62. The zero-order valence-corrected chi connectivity index (χ0v) is 12.3. The Bertz CT molecular complexity index is 639. The number of hydrogen-bond acceptors (Lipinski definition) is 4. The SMILES string of the molecule is CC1CCC(n2nnnc2-c2ccc(N)c(F)c2)CC1C. The largest absolute Gasteiger partial charge is 0.396 e. The van der Waals surface area contributed by atoms with Gasteiger partial charge in [0, 0.05) is 5.56 Å². The van der Waals surface area contributed by atoms with Gasteiger partial charge < -0.3 is 5.73 Å². The Morgan fingerprint density at radius 2 is 2.05 bits per heavy atom. The molecule has 6 heteroatoms. The zero-order chi connectivity index (χ0) is 15.0. The van der Waals surface area contributed by atoms with E-state index in [9.17, 15) is 4.39 Å². The average molecular weight is 289 g/mol. The number of hydrogen-bond donors (Lipinski definition) is 1. The first kappa shape index (κ1) is 14.0. The van der Waals surface area contributed by atoms with Crippen molar-refractivity contribution in [3.8, 4) is 11.4 Å². The summed E-state index contributed by atoms with van der Waals surface area (Å²) >= 11 is 0. The average Bonchev–Trinajstić information content (AvgIpc) is 2.94. The molecule has 0 aliphatic heterocycles. The third-order valence-electron chi connectivity index (χ3n) is 4.67. The molecule has 1 saturated carbocycles. The molecule has 3 unspecified atom stereocenters. The molecule has 0 spiro atoms. The monoisotopic (exact) mass is 289 g/mol. The molecule has 3 rings (SSSR count). The Balaban J connectivity index is 1.92. The summed E-state index contributed by atoms with van der Waals surface area (Å²) in [6, 6.07) is 4.98. The van der Waals surface area contributed by atoms with Crippen molar-refractivity contribution < 1.29 is 4.39 Å². The number of aromatic nitrogens is 4. The number of benzene rings is 1. The molecule has 1 aromatic heterocycles. The minimum Gasteiger partial charge on any atom is -0.396 e. The van der Waals surface area contributed by atoms with Crippen molar-refractivity contribution in [1.29, 1.82) is 0 Å². The van der Waals surface area contributed by atoms with E-state index in [-0.39, 0.29) is 11.7 Å². The number of rotatable bonds is 2. The summed E-state index contributed by atoms with van der Waals surface area (Å²) in [5.41, 5.74) is 6.32. The van der Waals surface area contributed by atoms with E-state index in [0.717, 1.165) is 18.8 Å². The molecular weight excluding hydrogens is 269 g/mol. The van der Waals surface area contributed by atoms with E-state index in [4.69, 9.17) is 5.73 Å². The van der Waals surface area contributed by atoms with Crippen molar-refractivity contribution in [1.82, 2.24) is 20.2 Å². The quantitative estimate of drug-likeness (QED) is 0.863. The van der Waals surface area contributed by atoms with Crippen LogP contribution >= 0.6 is 0 Å². The molecule has 1 fully saturated rings. The highest BCUT2D eigenvalue weighted by Crippen LogP contribution is 2.37. The molecule has 5 nitrogen and oxygen atoms in total. The molecule has 112 valence electrons. The molecule has 3 atom stereocenters. The number of anilines is 1. The minimum atomic E-state index is -0.437. The topological polar surface area (TPSA) is 69.6 Å². The predicted octanol–water partition coefficient (Wildman–Crippen LogP) is 3.06. The molecule has 1 aliphatic rings. The van der Waals surface area contributed by atoms with Gasteiger partial charge >= 0.3 is 0 Å². The molecule has 0 bridgehead atoms. The normalized spacial score (nSPS) is 26.0. The van der Waals surface area contributed by atoms with Crippen LogP contribution in [0.2, 0.25) is 0 Å². The van der Waals surface area contributed by atoms with Gasteiger partial charge in [0.2, 0.25) is 0 Å². The van der Waals surface area contributed by atoms with E-state index in [1.807, 2.05) is 4.68 Å². The van der Waals surface area contributed by atoms with E-state index in [2.05, 4.69) is 29.4 Å². The fourth-order valence-electron chi connectivity index (χ4n) is 3.04. The van der Waals surface area contributed by atoms with Gasteiger partial charge in [0.05, 0.1) is 11.7 Å². The second-order valence-electron chi connectivity index (χ2n) is 6.10. The molecule has 0 amide bonds. The van der Waals surface area contributed by atoms with E-state index in [0.29, 0.717) is 17.3 Å². The lowest BCUT2D eigenvalue weighted by Crippen LogP contribution is -2.24. The van der Waals surface area contributed by atoms with Crippen molar-refractivity contribution >= 4 is 5.69 Å². The summed E-state index contributed by atoms with van der Waals surface area (Å²) < 4.78 is 15.5. The summed E-state index contributed by atoms with van der Waals surface area (Å²) in [5, 5.41) is 12.0. The molecular formula is C15H20FN5. The lowest BCUT2D eigenvalue weighted by atomic mass is 9.79. The summed E-state index contributed by atoms with van der Waals surface area (Å²) in [4.78, 5) is 0. The Morgan fingerprint density at radius 1 is 1.24 bits per heavy atom. The molecule has 1 aromatic carbocycles. The molecule has 0 saturated heterocycles. The molecule has 2 N–H and O–H groups in total. The van der Waals surface area contributed by atoms with Crippen LogP contribution in [-0.2, 0) is 0 Å². The lowest BCUT2D eigenvalue weighted by Gasteiger charge is -2.32. The Kier molecular flexibility index (Phi) is 3.61. The van der Waals surface area contributed by atoms with Gasteiger partial charge in [-0.2, -0.15) is 0 Å². The van der Waals surface area contributed by atoms with Gasteiger partial charge in [0.1, 0.15) is 5.82 Å². The van der Waals surface area contributed by atoms with Crippen molar-refractivity contribution in [2.24, 2.45) is 11.8 Å². The smallest absolute Gasteiger partial charge is 0.182 e. The van der Waals surface area contributed by atoms with Crippen molar-refractivity contribution in [2.75, 3.05) is 5.73 Å². The van der Waals surface area contributed by atoms with Crippen LogP contribution in [0.25, 0.3) is 11.4 Å². The highest BCUT2D eigenvalue weighted by Gasteiger charge is 2.28. The lowest BCUT2D eigenvalue weighted by molar-refractivity contribution is 0.200. The van der Waals surface area contributed by atoms with Crippen LogP contribution in [0.5, 0.6) is 0 Å². The van der Waals surface area contributed by atoms with Crippen molar-refractivity contribution in [2.45, 2.75) is 39.2 Å². The minimum absolute atomic E-state index is 0.137. The number of tetrazole rings is 1. The van der Waals surface area contributed by atoms with Gasteiger partial charge in [-0.25, -0.2) is 9.07 Å². The van der Waals surface area contributed by atoms with Crippen LogP contribution in [0, 0.1) is 17.7 Å². The summed E-state index contributed by atoms with van der Waals surface area (Å²) in [6.07, 6.45) is 3.28. The van der Waals surface area contributed by atoms with Crippen molar-refractivity contribution in [3.63, 3.8) is 0 Å². The standard InChI is InChI=1S/C15H20FN5/c1-9-3-5-12(7-10(9)2)21-15(18-19-20-21)11-4-6-14(17)13(16)8-11/h4,6,8-10,12H,3,5,7,17H2,1-2H3. The first-order chi connectivity index (χ1) is 10.1. The van der Waals surface area contributed by atoms with Gasteiger partial charge in [-0.1, -0.05) is 13.8 Å². The Hall–Kier alpha value is -1.98. The second-order valence-corrected chi connectivity index (χ2v) is 6.10. The number of nitrogen functional groups attached to an aromatic ring is 1.